The molecule has 1 unspecified atom stereocenters. The second kappa shape index (κ2) is 6.78. The maximum absolute atomic E-state index is 13.9. The standard InChI is InChI=1S/C14H13BrFIN2/c15-11-2-1-3-12(16)14(11)13(19-18)8-9-4-6-10(17)7-5-9/h1-7,13,19H,8,18H2. The molecule has 19 heavy (non-hydrogen) atoms. The van der Waals surface area contributed by atoms with Crippen LogP contribution >= 0.6 is 38.5 Å². The molecule has 2 aromatic rings. The van der Waals surface area contributed by atoms with E-state index < -0.39 is 0 Å². The number of benzene rings is 2. The molecule has 0 aliphatic rings. The third-order valence-corrected chi connectivity index (χ3v) is 4.31. The van der Waals surface area contributed by atoms with E-state index in [2.05, 4.69) is 43.9 Å². The van der Waals surface area contributed by atoms with Gasteiger partial charge in [-0.15, -0.1) is 0 Å². The molecule has 100 valence electrons. The lowest BCUT2D eigenvalue weighted by Gasteiger charge is -2.18. The van der Waals surface area contributed by atoms with Gasteiger partial charge in [0, 0.05) is 13.6 Å². The Morgan fingerprint density at radius 1 is 1.21 bits per heavy atom. The number of hydrogen-bond donors (Lipinski definition) is 2. The maximum atomic E-state index is 13.9. The quantitative estimate of drug-likeness (QED) is 0.434. The van der Waals surface area contributed by atoms with Crippen molar-refractivity contribution in [3.63, 3.8) is 0 Å². The molecule has 2 aromatic carbocycles. The molecule has 0 aliphatic carbocycles. The summed E-state index contributed by atoms with van der Waals surface area (Å²) in [6, 6.07) is 12.8. The first kappa shape index (κ1) is 14.9. The molecule has 5 heteroatoms. The van der Waals surface area contributed by atoms with Crippen LogP contribution in [0.2, 0.25) is 0 Å². The molecular formula is C14H13BrFIN2. The Balaban J connectivity index is 2.27. The predicted molar refractivity (Wildman–Crippen MR) is 87.0 cm³/mol. The van der Waals surface area contributed by atoms with Crippen molar-refractivity contribution < 1.29 is 4.39 Å². The predicted octanol–water partition coefficient (Wildman–Crippen LogP) is 3.94. The monoisotopic (exact) mass is 434 g/mol. The number of hydrogen-bond acceptors (Lipinski definition) is 2. The molecule has 0 spiro atoms. The molecule has 0 aromatic heterocycles. The van der Waals surface area contributed by atoms with Crippen molar-refractivity contribution in [2.75, 3.05) is 0 Å². The minimum Gasteiger partial charge on any atom is -0.271 e. The molecule has 1 atom stereocenters. The van der Waals surface area contributed by atoms with Gasteiger partial charge in [0.25, 0.3) is 0 Å². The summed E-state index contributed by atoms with van der Waals surface area (Å²) < 4.78 is 15.8. The molecule has 0 aliphatic heterocycles. The van der Waals surface area contributed by atoms with Crippen LogP contribution in [0.5, 0.6) is 0 Å². The summed E-state index contributed by atoms with van der Waals surface area (Å²) >= 11 is 5.63. The molecule has 2 rings (SSSR count). The maximum Gasteiger partial charge on any atom is 0.129 e. The van der Waals surface area contributed by atoms with E-state index in [1.165, 1.54) is 9.64 Å². The minimum absolute atomic E-state index is 0.261. The van der Waals surface area contributed by atoms with Crippen LogP contribution in [0.1, 0.15) is 17.2 Å². The summed E-state index contributed by atoms with van der Waals surface area (Å²) in [4.78, 5) is 0. The van der Waals surface area contributed by atoms with Gasteiger partial charge in [0.1, 0.15) is 5.82 Å². The third-order valence-electron chi connectivity index (χ3n) is 2.90. The van der Waals surface area contributed by atoms with Crippen molar-refractivity contribution >= 4 is 38.5 Å². The van der Waals surface area contributed by atoms with E-state index in [4.69, 9.17) is 5.84 Å². The highest BCUT2D eigenvalue weighted by atomic mass is 127. The van der Waals surface area contributed by atoms with Crippen LogP contribution in [0.4, 0.5) is 4.39 Å². The van der Waals surface area contributed by atoms with Crippen molar-refractivity contribution in [3.05, 3.63) is 67.5 Å². The van der Waals surface area contributed by atoms with Gasteiger partial charge < -0.3 is 0 Å². The number of halogens is 3. The van der Waals surface area contributed by atoms with E-state index in [0.717, 1.165) is 10.0 Å². The molecule has 2 nitrogen and oxygen atoms in total. The lowest BCUT2D eigenvalue weighted by Crippen LogP contribution is -2.30. The van der Waals surface area contributed by atoms with Crippen molar-refractivity contribution in [2.45, 2.75) is 12.5 Å². The Labute approximate surface area is 133 Å². The molecular weight excluding hydrogens is 422 g/mol. The van der Waals surface area contributed by atoms with Crippen molar-refractivity contribution in [2.24, 2.45) is 5.84 Å². The number of nitrogens with one attached hydrogen (secondary N) is 1. The zero-order valence-corrected chi connectivity index (χ0v) is 13.8. The molecule has 0 fully saturated rings. The van der Waals surface area contributed by atoms with Gasteiger partial charge in [-0.1, -0.05) is 34.1 Å². The fourth-order valence-electron chi connectivity index (χ4n) is 1.94. The van der Waals surface area contributed by atoms with Crippen LogP contribution < -0.4 is 11.3 Å². The van der Waals surface area contributed by atoms with Crippen LogP contribution in [-0.4, -0.2) is 0 Å². The SMILES string of the molecule is NNC(Cc1ccc(I)cc1)c1c(F)cccc1Br. The highest BCUT2D eigenvalue weighted by Crippen LogP contribution is 2.28. The lowest BCUT2D eigenvalue weighted by molar-refractivity contribution is 0.508. The van der Waals surface area contributed by atoms with Gasteiger partial charge in [-0.2, -0.15) is 0 Å². The number of nitrogens with two attached hydrogens (primary N) is 1. The minimum atomic E-state index is -0.268. The van der Waals surface area contributed by atoms with Gasteiger partial charge in [0.05, 0.1) is 6.04 Å². The topological polar surface area (TPSA) is 38.0 Å². The fourth-order valence-corrected chi connectivity index (χ4v) is 2.92. The number of hydrazine groups is 1. The van der Waals surface area contributed by atoms with Crippen LogP contribution in [0.15, 0.2) is 46.9 Å². The Morgan fingerprint density at radius 2 is 1.89 bits per heavy atom. The van der Waals surface area contributed by atoms with Gasteiger partial charge in [0.15, 0.2) is 0 Å². The van der Waals surface area contributed by atoms with E-state index in [0.29, 0.717) is 12.0 Å². The second-order valence-electron chi connectivity index (χ2n) is 4.19. The van der Waals surface area contributed by atoms with E-state index >= 15 is 0 Å². The first-order valence-corrected chi connectivity index (χ1v) is 7.63. The van der Waals surface area contributed by atoms with E-state index in [9.17, 15) is 4.39 Å². The normalized spacial score (nSPS) is 12.4. The van der Waals surface area contributed by atoms with Gasteiger partial charge >= 0.3 is 0 Å². The Hall–Kier alpha value is -0.500. The molecule has 0 bridgehead atoms. The van der Waals surface area contributed by atoms with Gasteiger partial charge in [-0.25, -0.2) is 4.39 Å². The third kappa shape index (κ3) is 3.75. The summed E-state index contributed by atoms with van der Waals surface area (Å²) in [7, 11) is 0. The molecule has 0 saturated heterocycles. The summed E-state index contributed by atoms with van der Waals surface area (Å²) in [6.07, 6.45) is 0.632. The average Bonchev–Trinajstić information content (AvgIpc) is 2.39. The first-order valence-electron chi connectivity index (χ1n) is 5.76. The summed E-state index contributed by atoms with van der Waals surface area (Å²) in [5.74, 6) is 5.32. The molecule has 0 heterocycles. The summed E-state index contributed by atoms with van der Waals surface area (Å²) in [5.41, 5.74) is 4.36. The second-order valence-corrected chi connectivity index (χ2v) is 6.29. The zero-order chi connectivity index (χ0) is 13.8. The van der Waals surface area contributed by atoms with Crippen LogP contribution in [-0.2, 0) is 6.42 Å². The zero-order valence-electron chi connectivity index (χ0n) is 10.0. The first-order chi connectivity index (χ1) is 9.11. The highest BCUT2D eigenvalue weighted by molar-refractivity contribution is 14.1. The van der Waals surface area contributed by atoms with Crippen molar-refractivity contribution in [1.82, 2.24) is 5.43 Å². The van der Waals surface area contributed by atoms with Crippen molar-refractivity contribution in [3.8, 4) is 0 Å². The van der Waals surface area contributed by atoms with Gasteiger partial charge in [-0.3, -0.25) is 11.3 Å². The summed E-state index contributed by atoms with van der Waals surface area (Å²) in [6.45, 7) is 0. The molecule has 3 N–H and O–H groups in total. The Bertz CT molecular complexity index is 540. The molecule has 0 amide bonds. The number of rotatable bonds is 4. The van der Waals surface area contributed by atoms with E-state index in [1.807, 2.05) is 30.3 Å². The smallest absolute Gasteiger partial charge is 0.129 e. The largest absolute Gasteiger partial charge is 0.271 e. The Kier molecular flexibility index (Phi) is 5.32. The summed E-state index contributed by atoms with van der Waals surface area (Å²) in [5, 5.41) is 0. The van der Waals surface area contributed by atoms with Gasteiger partial charge in [-0.05, 0) is 58.8 Å². The van der Waals surface area contributed by atoms with Crippen LogP contribution in [0.25, 0.3) is 0 Å². The van der Waals surface area contributed by atoms with Crippen LogP contribution in [0, 0.1) is 9.39 Å². The highest BCUT2D eigenvalue weighted by Gasteiger charge is 2.17. The average molecular weight is 435 g/mol. The fraction of sp³-hybridized carbons (Fsp3) is 0.143. The van der Waals surface area contributed by atoms with E-state index in [1.54, 1.807) is 6.07 Å². The lowest BCUT2D eigenvalue weighted by atomic mass is 9.99. The van der Waals surface area contributed by atoms with E-state index in [-0.39, 0.29) is 11.9 Å². The van der Waals surface area contributed by atoms with Gasteiger partial charge in [0.2, 0.25) is 0 Å². The van der Waals surface area contributed by atoms with Crippen molar-refractivity contribution in [1.29, 1.82) is 0 Å². The van der Waals surface area contributed by atoms with Crippen LogP contribution in [0.3, 0.4) is 0 Å². The Morgan fingerprint density at radius 3 is 2.47 bits per heavy atom. The molecule has 0 radical (unpaired) electrons. The molecule has 0 saturated carbocycles.